The molecule has 0 radical (unpaired) electrons. The summed E-state index contributed by atoms with van der Waals surface area (Å²) in [6.45, 7) is 7.37. The number of rotatable bonds is 15. The van der Waals surface area contributed by atoms with Crippen molar-refractivity contribution in [1.29, 1.82) is 0 Å². The Kier molecular flexibility index (Phi) is 13.0. The van der Waals surface area contributed by atoms with Crippen molar-refractivity contribution < 1.29 is 27.9 Å². The highest BCUT2D eigenvalue weighted by Gasteiger charge is 2.48. The summed E-state index contributed by atoms with van der Waals surface area (Å²) >= 11 is 0. The molecule has 0 unspecified atom stereocenters. The average molecular weight is 656 g/mol. The molecule has 1 aliphatic rings. The third-order valence-electron chi connectivity index (χ3n) is 7.75. The van der Waals surface area contributed by atoms with Crippen molar-refractivity contribution in [2.45, 2.75) is 82.5 Å². The number of ether oxygens (including phenoxy) is 5. The zero-order valence-corrected chi connectivity index (χ0v) is 28.2. The molecule has 0 aromatic heterocycles. The maximum absolute atomic E-state index is 13.1. The molecule has 0 N–H and O–H groups in total. The second kappa shape index (κ2) is 17.6. The summed E-state index contributed by atoms with van der Waals surface area (Å²) < 4.78 is 50.0. The van der Waals surface area contributed by atoms with Crippen LogP contribution < -0.4 is 0 Å². The molecular formula is C39H45NO6S. The van der Waals surface area contributed by atoms with Gasteiger partial charge in [0.15, 0.2) is 0 Å². The molecule has 4 aromatic rings. The first-order chi connectivity index (χ1) is 22.9. The second-order valence-electron chi connectivity index (χ2n) is 12.5. The van der Waals surface area contributed by atoms with E-state index in [1.807, 2.05) is 142 Å². The molecule has 8 heteroatoms. The predicted octanol–water partition coefficient (Wildman–Crippen LogP) is 7.26. The minimum Gasteiger partial charge on any atom is -0.374 e. The van der Waals surface area contributed by atoms with Crippen LogP contribution in [-0.2, 0) is 61.1 Å². The smallest absolute Gasteiger partial charge is 0.144 e. The largest absolute Gasteiger partial charge is 0.374 e. The highest BCUT2D eigenvalue weighted by molar-refractivity contribution is 7.85. The van der Waals surface area contributed by atoms with E-state index < -0.39 is 46.3 Å². The summed E-state index contributed by atoms with van der Waals surface area (Å²) in [6.07, 6.45) is -1.32. The summed E-state index contributed by atoms with van der Waals surface area (Å²) in [5.41, 5.74) is 4.13. The zero-order valence-electron chi connectivity index (χ0n) is 27.4. The fourth-order valence-electron chi connectivity index (χ4n) is 5.22. The Morgan fingerprint density at radius 3 is 1.47 bits per heavy atom. The van der Waals surface area contributed by atoms with Gasteiger partial charge in [0.05, 0.1) is 37.8 Å². The summed E-state index contributed by atoms with van der Waals surface area (Å²) in [5.74, 6) is 0. The first-order valence-corrected chi connectivity index (χ1v) is 17.2. The highest BCUT2D eigenvalue weighted by atomic mass is 32.2. The minimum absolute atomic E-state index is 0.248. The van der Waals surface area contributed by atoms with Crippen LogP contribution in [0.3, 0.4) is 0 Å². The van der Waals surface area contributed by atoms with E-state index >= 15 is 0 Å². The van der Waals surface area contributed by atoms with E-state index in [1.165, 1.54) is 0 Å². The van der Waals surface area contributed by atoms with Gasteiger partial charge in [0.2, 0.25) is 0 Å². The minimum atomic E-state index is -1.49. The maximum Gasteiger partial charge on any atom is 0.144 e. The number of hydrogen-bond acceptors (Lipinski definition) is 6. The first-order valence-electron chi connectivity index (χ1n) is 16.1. The van der Waals surface area contributed by atoms with Gasteiger partial charge >= 0.3 is 0 Å². The van der Waals surface area contributed by atoms with Crippen LogP contribution in [0.2, 0.25) is 0 Å². The third kappa shape index (κ3) is 10.8. The molecule has 1 fully saturated rings. The Morgan fingerprint density at radius 1 is 0.617 bits per heavy atom. The van der Waals surface area contributed by atoms with Crippen LogP contribution in [0, 0.1) is 0 Å². The van der Waals surface area contributed by atoms with Gasteiger partial charge in [-0.2, -0.15) is 4.40 Å². The quantitative estimate of drug-likeness (QED) is 0.126. The van der Waals surface area contributed by atoms with Crippen LogP contribution in [-0.4, -0.2) is 52.3 Å². The lowest BCUT2D eigenvalue weighted by atomic mass is 9.94. The van der Waals surface area contributed by atoms with Crippen molar-refractivity contribution in [2.24, 2.45) is 4.40 Å². The molecule has 5 rings (SSSR count). The number of hydrogen-bond donors (Lipinski definition) is 0. The van der Waals surface area contributed by atoms with Crippen molar-refractivity contribution >= 4 is 17.2 Å². The summed E-state index contributed by atoms with van der Waals surface area (Å²) in [4.78, 5) is 0. The number of benzene rings is 4. The van der Waals surface area contributed by atoms with Gasteiger partial charge in [-0.1, -0.05) is 121 Å². The Bertz CT molecular complexity index is 1520. The standard InChI is InChI=1S/C39H45NO6S/c1-39(2,3)47(41)40-24-34-36(43-26-31-18-10-5-11-19-31)38(45-28-33-22-14-7-15-23-33)37(44-27-32-20-12-6-13-21-32)35(46-34)29-42-25-30-16-8-4-9-17-30/h4-24,34-38H,25-29H2,1-3H3/b40-24+/t34-,35+,36-,37-,38+,47-/m0/s1. The van der Waals surface area contributed by atoms with E-state index in [0.717, 1.165) is 22.3 Å². The molecule has 1 heterocycles. The fourth-order valence-corrected chi connectivity index (χ4v) is 5.77. The Morgan fingerprint density at radius 2 is 1.02 bits per heavy atom. The van der Waals surface area contributed by atoms with E-state index in [0.29, 0.717) is 26.4 Å². The number of nitrogens with zero attached hydrogens (tertiary/aromatic N) is 1. The molecule has 1 aliphatic heterocycles. The maximum atomic E-state index is 13.1. The second-order valence-corrected chi connectivity index (χ2v) is 14.5. The molecule has 1 saturated heterocycles. The van der Waals surface area contributed by atoms with E-state index in [4.69, 9.17) is 23.7 Å². The third-order valence-corrected chi connectivity index (χ3v) is 9.11. The van der Waals surface area contributed by atoms with Crippen molar-refractivity contribution in [2.75, 3.05) is 6.61 Å². The molecule has 0 saturated carbocycles. The van der Waals surface area contributed by atoms with Gasteiger partial charge in [0.1, 0.15) is 41.5 Å². The van der Waals surface area contributed by atoms with Gasteiger partial charge in [-0.05, 0) is 43.0 Å². The topological polar surface area (TPSA) is 75.6 Å². The van der Waals surface area contributed by atoms with Crippen molar-refractivity contribution in [1.82, 2.24) is 0 Å². The lowest BCUT2D eigenvalue weighted by Crippen LogP contribution is -2.61. The van der Waals surface area contributed by atoms with Crippen molar-refractivity contribution in [3.63, 3.8) is 0 Å². The van der Waals surface area contributed by atoms with Gasteiger partial charge in [-0.15, -0.1) is 0 Å². The Labute approximate surface area is 281 Å². The summed E-state index contributed by atoms with van der Waals surface area (Å²) in [7, 11) is -1.49. The summed E-state index contributed by atoms with van der Waals surface area (Å²) in [5, 5.41) is 0. The van der Waals surface area contributed by atoms with Crippen LogP contribution >= 0.6 is 0 Å². The van der Waals surface area contributed by atoms with E-state index in [2.05, 4.69) is 4.40 Å². The lowest BCUT2D eigenvalue weighted by Gasteiger charge is -2.45. The molecule has 6 atom stereocenters. The van der Waals surface area contributed by atoms with Gasteiger partial charge in [-0.3, -0.25) is 0 Å². The Hall–Kier alpha value is -3.50. The summed E-state index contributed by atoms with van der Waals surface area (Å²) in [6, 6.07) is 40.1. The molecule has 248 valence electrons. The molecule has 0 amide bonds. The SMILES string of the molecule is CC(C)(C)[S@](=O)/N=C/[C@@H]1O[C@H](COCc2ccccc2)[C@H](OCc2ccccc2)[C@H](OCc2ccccc2)[C@H]1OCc1ccccc1. The van der Waals surface area contributed by atoms with Gasteiger partial charge in [-0.25, -0.2) is 4.21 Å². The van der Waals surface area contributed by atoms with Crippen LogP contribution in [0.1, 0.15) is 43.0 Å². The molecule has 47 heavy (non-hydrogen) atoms. The molecule has 7 nitrogen and oxygen atoms in total. The van der Waals surface area contributed by atoms with E-state index in [-0.39, 0.29) is 6.61 Å². The molecular weight excluding hydrogens is 610 g/mol. The monoisotopic (exact) mass is 655 g/mol. The average Bonchev–Trinajstić information content (AvgIpc) is 3.10. The fraction of sp³-hybridized carbons (Fsp3) is 0.359. The van der Waals surface area contributed by atoms with Gasteiger partial charge in [0, 0.05) is 6.21 Å². The van der Waals surface area contributed by atoms with Crippen LogP contribution in [0.5, 0.6) is 0 Å². The Balaban J connectivity index is 1.47. The highest BCUT2D eigenvalue weighted by Crippen LogP contribution is 2.31. The van der Waals surface area contributed by atoms with Crippen LogP contribution in [0.4, 0.5) is 0 Å². The van der Waals surface area contributed by atoms with Crippen molar-refractivity contribution in [3.05, 3.63) is 144 Å². The van der Waals surface area contributed by atoms with Crippen LogP contribution in [0.25, 0.3) is 0 Å². The van der Waals surface area contributed by atoms with E-state index in [1.54, 1.807) is 6.21 Å². The molecule has 0 aliphatic carbocycles. The molecule has 0 spiro atoms. The lowest BCUT2D eigenvalue weighted by molar-refractivity contribution is -0.258. The van der Waals surface area contributed by atoms with Crippen molar-refractivity contribution in [3.8, 4) is 0 Å². The zero-order chi connectivity index (χ0) is 32.9. The van der Waals surface area contributed by atoms with Crippen LogP contribution in [0.15, 0.2) is 126 Å². The molecule has 0 bridgehead atoms. The van der Waals surface area contributed by atoms with Gasteiger partial charge < -0.3 is 23.7 Å². The first kappa shape index (κ1) is 34.8. The predicted molar refractivity (Wildman–Crippen MR) is 186 cm³/mol. The normalized spacial score (nSPS) is 22.3. The molecule has 4 aromatic carbocycles. The van der Waals surface area contributed by atoms with E-state index in [9.17, 15) is 4.21 Å². The van der Waals surface area contributed by atoms with Gasteiger partial charge in [0.25, 0.3) is 0 Å².